The summed E-state index contributed by atoms with van der Waals surface area (Å²) in [5, 5.41) is 18.3. The molecule has 2 N–H and O–H groups in total. The number of aliphatic carboxylic acids is 2. The van der Waals surface area contributed by atoms with E-state index in [0.29, 0.717) is 0 Å². The summed E-state index contributed by atoms with van der Waals surface area (Å²) in [6.07, 6.45) is -0.570. The molecule has 0 saturated heterocycles. The fraction of sp³-hybridized carbons (Fsp3) is 0.400. The largest absolute Gasteiger partial charge is 0.481 e. The Hall–Kier alpha value is -1.26. The van der Waals surface area contributed by atoms with Crippen molar-refractivity contribution in [1.29, 1.82) is 0 Å². The number of thiocarbonyl (C=S) groups is 1. The van der Waals surface area contributed by atoms with E-state index in [9.17, 15) is 9.59 Å². The Labute approximate surface area is 67.4 Å². The summed E-state index contributed by atoms with van der Waals surface area (Å²) in [6.45, 7) is 0. The number of rotatable bonds is 4. The number of aliphatic imine (C=N–C) groups is 1. The predicted octanol–water partition coefficient (Wildman–Crippen LogP) is 0.0171. The maximum absolute atomic E-state index is 10.2. The van der Waals surface area contributed by atoms with Gasteiger partial charge in [0.05, 0.1) is 11.6 Å². The summed E-state index contributed by atoms with van der Waals surface area (Å²) in [7, 11) is 0. The molecule has 0 amide bonds. The molecule has 5 nitrogen and oxygen atoms in total. The minimum atomic E-state index is -1.32. The van der Waals surface area contributed by atoms with Gasteiger partial charge in [0.25, 0.3) is 0 Å². The highest BCUT2D eigenvalue weighted by Crippen LogP contribution is 1.96. The van der Waals surface area contributed by atoms with Crippen molar-refractivity contribution < 1.29 is 19.8 Å². The molecule has 0 aromatic heterocycles. The van der Waals surface area contributed by atoms with E-state index in [-0.39, 0.29) is 0 Å². The van der Waals surface area contributed by atoms with Crippen LogP contribution in [0.15, 0.2) is 4.99 Å². The summed E-state index contributed by atoms with van der Waals surface area (Å²) in [5.41, 5.74) is 0. The molecule has 0 fully saturated rings. The van der Waals surface area contributed by atoms with Crippen LogP contribution in [0.4, 0.5) is 0 Å². The molecule has 0 aliphatic heterocycles. The van der Waals surface area contributed by atoms with Gasteiger partial charge in [0, 0.05) is 0 Å². The Morgan fingerprint density at radius 3 is 2.36 bits per heavy atom. The van der Waals surface area contributed by atoms with Gasteiger partial charge in [-0.05, 0) is 12.2 Å². The lowest BCUT2D eigenvalue weighted by Crippen LogP contribution is -2.21. The highest BCUT2D eigenvalue weighted by molar-refractivity contribution is 7.78. The van der Waals surface area contributed by atoms with Crippen LogP contribution in [0, 0.1) is 0 Å². The molecule has 60 valence electrons. The third-order valence-electron chi connectivity index (χ3n) is 0.862. The van der Waals surface area contributed by atoms with E-state index in [0.717, 1.165) is 0 Å². The number of isothiocyanates is 1. The van der Waals surface area contributed by atoms with Crippen molar-refractivity contribution in [3.63, 3.8) is 0 Å². The minimum Gasteiger partial charge on any atom is -0.481 e. The van der Waals surface area contributed by atoms with Crippen molar-refractivity contribution in [1.82, 2.24) is 0 Å². The molecule has 6 heteroatoms. The maximum atomic E-state index is 10.2. The highest BCUT2D eigenvalue weighted by atomic mass is 32.1. The molecule has 0 aromatic rings. The second kappa shape index (κ2) is 4.54. The van der Waals surface area contributed by atoms with Crippen molar-refractivity contribution in [2.24, 2.45) is 4.99 Å². The third kappa shape index (κ3) is 4.19. The molecular formula is C5H5NO4S. The normalized spacial score (nSPS) is 11.3. The minimum absolute atomic E-state index is 0.570. The first kappa shape index (κ1) is 9.74. The number of carboxylic acids is 2. The predicted molar refractivity (Wildman–Crippen MR) is 38.7 cm³/mol. The molecule has 1 atom stereocenters. The summed E-state index contributed by atoms with van der Waals surface area (Å²) in [6, 6.07) is -1.31. The smallest absolute Gasteiger partial charge is 0.329 e. The second-order valence-electron chi connectivity index (χ2n) is 1.67. The fourth-order valence-electron chi connectivity index (χ4n) is 0.417. The van der Waals surface area contributed by atoms with Crippen molar-refractivity contribution in [3.8, 4) is 0 Å². The molecule has 0 heterocycles. The van der Waals surface area contributed by atoms with E-state index in [1.807, 2.05) is 5.16 Å². The van der Waals surface area contributed by atoms with Crippen molar-refractivity contribution in [3.05, 3.63) is 0 Å². The van der Waals surface area contributed by atoms with Gasteiger partial charge >= 0.3 is 11.9 Å². The molecule has 0 radical (unpaired) electrons. The van der Waals surface area contributed by atoms with Crippen LogP contribution in [0.5, 0.6) is 0 Å². The molecule has 0 aliphatic rings. The maximum Gasteiger partial charge on any atom is 0.329 e. The highest BCUT2D eigenvalue weighted by Gasteiger charge is 2.18. The lowest BCUT2D eigenvalue weighted by Gasteiger charge is -1.99. The average molecular weight is 175 g/mol. The van der Waals surface area contributed by atoms with Gasteiger partial charge in [-0.25, -0.2) is 9.79 Å². The number of nitrogens with zero attached hydrogens (tertiary/aromatic N) is 1. The van der Waals surface area contributed by atoms with Crippen LogP contribution >= 0.6 is 12.2 Å². The molecule has 11 heavy (non-hydrogen) atoms. The van der Waals surface area contributed by atoms with Gasteiger partial charge in [-0.3, -0.25) is 4.79 Å². The van der Waals surface area contributed by atoms with Crippen LogP contribution in [0.25, 0.3) is 0 Å². The summed E-state index contributed by atoms with van der Waals surface area (Å²) < 4.78 is 0. The number of hydrogen-bond donors (Lipinski definition) is 2. The standard InChI is InChI=1S/C5H5NO4S/c7-4(8)1-3(5(9)10)6-2-11/h3H,1H2,(H,7,8)(H,9,10). The molecule has 0 saturated carbocycles. The van der Waals surface area contributed by atoms with E-state index < -0.39 is 24.4 Å². The molecule has 1 unspecified atom stereocenters. The summed E-state index contributed by atoms with van der Waals surface area (Å²) >= 11 is 4.13. The Morgan fingerprint density at radius 1 is 1.55 bits per heavy atom. The van der Waals surface area contributed by atoms with E-state index in [1.54, 1.807) is 0 Å². The van der Waals surface area contributed by atoms with E-state index >= 15 is 0 Å². The Bertz CT molecular complexity index is 219. The van der Waals surface area contributed by atoms with Gasteiger partial charge in [0.15, 0.2) is 6.04 Å². The molecule has 0 rings (SSSR count). The SMILES string of the molecule is O=C(O)CC(N=C=S)C(=O)O. The van der Waals surface area contributed by atoms with Gasteiger partial charge in [-0.2, -0.15) is 0 Å². The van der Waals surface area contributed by atoms with E-state index in [1.165, 1.54) is 0 Å². The van der Waals surface area contributed by atoms with Crippen molar-refractivity contribution in [2.45, 2.75) is 12.5 Å². The fourth-order valence-corrected chi connectivity index (χ4v) is 0.544. The first-order valence-corrected chi connectivity index (χ1v) is 3.00. The lowest BCUT2D eigenvalue weighted by atomic mass is 10.2. The number of hydrogen-bond acceptors (Lipinski definition) is 4. The molecule has 0 bridgehead atoms. The molecule has 0 spiro atoms. The van der Waals surface area contributed by atoms with E-state index in [4.69, 9.17) is 10.2 Å². The zero-order chi connectivity index (χ0) is 8.85. The Morgan fingerprint density at radius 2 is 2.09 bits per heavy atom. The average Bonchev–Trinajstić information content (AvgIpc) is 1.86. The van der Waals surface area contributed by atoms with Crippen LogP contribution in [0.1, 0.15) is 6.42 Å². The van der Waals surface area contributed by atoms with Gasteiger partial charge in [0.2, 0.25) is 0 Å². The van der Waals surface area contributed by atoms with Crippen LogP contribution < -0.4 is 0 Å². The van der Waals surface area contributed by atoms with Crippen LogP contribution in [0.3, 0.4) is 0 Å². The quantitative estimate of drug-likeness (QED) is 0.464. The zero-order valence-electron chi connectivity index (χ0n) is 5.35. The van der Waals surface area contributed by atoms with Crippen LogP contribution in [-0.2, 0) is 9.59 Å². The Balaban J connectivity index is 4.22. The van der Waals surface area contributed by atoms with Gasteiger partial charge in [-0.15, -0.1) is 0 Å². The molecule has 0 aromatic carbocycles. The van der Waals surface area contributed by atoms with Gasteiger partial charge in [0.1, 0.15) is 0 Å². The lowest BCUT2D eigenvalue weighted by molar-refractivity contribution is -0.144. The molecule has 0 aliphatic carbocycles. The number of carboxylic acid groups (broad SMARTS) is 2. The van der Waals surface area contributed by atoms with Crippen LogP contribution in [0.2, 0.25) is 0 Å². The monoisotopic (exact) mass is 175 g/mol. The summed E-state index contributed by atoms with van der Waals surface area (Å²) in [5.74, 6) is -2.55. The third-order valence-corrected chi connectivity index (χ3v) is 0.967. The van der Waals surface area contributed by atoms with Crippen molar-refractivity contribution >= 4 is 29.3 Å². The number of carbonyl (C=O) groups is 2. The van der Waals surface area contributed by atoms with Crippen LogP contribution in [-0.4, -0.2) is 33.4 Å². The second-order valence-corrected chi connectivity index (χ2v) is 1.85. The molecular weight excluding hydrogens is 170 g/mol. The first-order valence-electron chi connectivity index (χ1n) is 2.59. The van der Waals surface area contributed by atoms with Crippen molar-refractivity contribution in [2.75, 3.05) is 0 Å². The van der Waals surface area contributed by atoms with Gasteiger partial charge in [-0.1, -0.05) is 0 Å². The Kier molecular flexibility index (Phi) is 4.02. The summed E-state index contributed by atoms with van der Waals surface area (Å²) in [4.78, 5) is 23.3. The van der Waals surface area contributed by atoms with Gasteiger partial charge < -0.3 is 10.2 Å². The first-order chi connectivity index (χ1) is 5.07. The topological polar surface area (TPSA) is 87.0 Å². The van der Waals surface area contributed by atoms with E-state index in [2.05, 4.69) is 17.2 Å². The zero-order valence-corrected chi connectivity index (χ0v) is 6.17.